The Morgan fingerprint density at radius 2 is 1.85 bits per heavy atom. The first kappa shape index (κ1) is 25.7. The average Bonchev–Trinajstić information content (AvgIpc) is 3.10. The molecule has 3 heteroatoms. The van der Waals surface area contributed by atoms with Gasteiger partial charge in [0.25, 0.3) is 0 Å². The lowest BCUT2D eigenvalue weighted by Gasteiger charge is -2.59. The van der Waals surface area contributed by atoms with Crippen molar-refractivity contribution in [3.8, 4) is 0 Å². The number of fused-ring (bicyclic) bond motifs is 5. The van der Waals surface area contributed by atoms with Crippen LogP contribution in [-0.2, 0) is 4.74 Å². The number of rotatable bonds is 8. The first-order chi connectivity index (χ1) is 15.4. The Morgan fingerprint density at radius 3 is 2.58 bits per heavy atom. The second kappa shape index (κ2) is 9.25. The van der Waals surface area contributed by atoms with Gasteiger partial charge in [0.05, 0.1) is 11.2 Å². The van der Waals surface area contributed by atoms with Crippen LogP contribution in [0.1, 0.15) is 112 Å². The minimum Gasteiger partial charge on any atom is -0.390 e. The minimum absolute atomic E-state index is 0.317. The summed E-state index contributed by atoms with van der Waals surface area (Å²) >= 11 is 0. The van der Waals surface area contributed by atoms with E-state index in [0.717, 1.165) is 75.2 Å². The lowest BCUT2D eigenvalue weighted by Crippen LogP contribution is -2.52. The standard InChI is InChI=1S/C30H52O3/c1-21(12-15-27(2,31)14-7-19-33-6)24-10-11-25-23-9-8-22-20-28(3,32)17-18-29(22,4)26(23)13-16-30(24,25)5/h8,21,23-26,31-32H,7,9-20H2,1-6H3/t21-,23+,24-,25+,26+,27?,28+,29+,30-/m1/s1. The van der Waals surface area contributed by atoms with E-state index >= 15 is 0 Å². The van der Waals surface area contributed by atoms with Crippen LogP contribution in [0.3, 0.4) is 0 Å². The zero-order valence-electron chi connectivity index (χ0n) is 22.5. The highest BCUT2D eigenvalue weighted by molar-refractivity contribution is 5.26. The lowest BCUT2D eigenvalue weighted by atomic mass is 9.46. The Kier molecular flexibility index (Phi) is 7.20. The summed E-state index contributed by atoms with van der Waals surface area (Å²) in [6.07, 6.45) is 16.1. The summed E-state index contributed by atoms with van der Waals surface area (Å²) < 4.78 is 5.18. The Morgan fingerprint density at radius 1 is 1.09 bits per heavy atom. The molecule has 0 aliphatic heterocycles. The van der Waals surface area contributed by atoms with E-state index in [1.807, 2.05) is 13.8 Å². The van der Waals surface area contributed by atoms with Crippen molar-refractivity contribution in [2.75, 3.05) is 13.7 Å². The summed E-state index contributed by atoms with van der Waals surface area (Å²) in [7, 11) is 1.74. The third-order valence-corrected chi connectivity index (χ3v) is 11.3. The summed E-state index contributed by atoms with van der Waals surface area (Å²) in [6.45, 7) is 12.4. The van der Waals surface area contributed by atoms with Crippen molar-refractivity contribution in [2.45, 2.75) is 123 Å². The third-order valence-electron chi connectivity index (χ3n) is 11.3. The van der Waals surface area contributed by atoms with Gasteiger partial charge in [-0.25, -0.2) is 0 Å². The van der Waals surface area contributed by atoms with Gasteiger partial charge in [0.2, 0.25) is 0 Å². The molecule has 0 saturated heterocycles. The second-order valence-corrected chi connectivity index (χ2v) is 13.8. The molecule has 0 aromatic carbocycles. The Balaban J connectivity index is 1.42. The highest BCUT2D eigenvalue weighted by Crippen LogP contribution is 2.67. The lowest BCUT2D eigenvalue weighted by molar-refractivity contribution is -0.0716. The van der Waals surface area contributed by atoms with Gasteiger partial charge in [-0.15, -0.1) is 0 Å². The molecule has 0 bridgehead atoms. The van der Waals surface area contributed by atoms with Crippen molar-refractivity contribution in [3.63, 3.8) is 0 Å². The highest BCUT2D eigenvalue weighted by atomic mass is 16.5. The Hall–Kier alpha value is -0.380. The predicted molar refractivity (Wildman–Crippen MR) is 136 cm³/mol. The normalized spacial score (nSPS) is 45.4. The van der Waals surface area contributed by atoms with Gasteiger partial charge in [-0.2, -0.15) is 0 Å². The average molecular weight is 461 g/mol. The maximum Gasteiger partial charge on any atom is 0.0657 e. The van der Waals surface area contributed by atoms with E-state index in [-0.39, 0.29) is 0 Å². The molecule has 0 spiro atoms. The summed E-state index contributed by atoms with van der Waals surface area (Å²) in [5, 5.41) is 21.6. The predicted octanol–water partition coefficient (Wildman–Crippen LogP) is 6.91. The van der Waals surface area contributed by atoms with Gasteiger partial charge in [-0.3, -0.25) is 0 Å². The quantitative estimate of drug-likeness (QED) is 0.306. The van der Waals surface area contributed by atoms with Crippen molar-refractivity contribution >= 4 is 0 Å². The maximum absolute atomic E-state index is 10.9. The molecule has 3 saturated carbocycles. The summed E-state index contributed by atoms with van der Waals surface area (Å²) in [6, 6.07) is 0. The molecule has 0 aromatic heterocycles. The second-order valence-electron chi connectivity index (χ2n) is 13.8. The van der Waals surface area contributed by atoms with Crippen LogP contribution in [0, 0.1) is 40.4 Å². The molecule has 33 heavy (non-hydrogen) atoms. The van der Waals surface area contributed by atoms with Crippen LogP contribution in [0.25, 0.3) is 0 Å². The van der Waals surface area contributed by atoms with E-state index in [0.29, 0.717) is 16.7 Å². The van der Waals surface area contributed by atoms with Gasteiger partial charge >= 0.3 is 0 Å². The number of hydrogen-bond donors (Lipinski definition) is 2. The van der Waals surface area contributed by atoms with Crippen LogP contribution in [-0.4, -0.2) is 35.1 Å². The third kappa shape index (κ3) is 4.85. The largest absolute Gasteiger partial charge is 0.390 e. The molecule has 1 unspecified atom stereocenters. The van der Waals surface area contributed by atoms with Crippen molar-refractivity contribution < 1.29 is 14.9 Å². The van der Waals surface area contributed by atoms with E-state index in [4.69, 9.17) is 4.74 Å². The van der Waals surface area contributed by atoms with Gasteiger partial charge in [-0.05, 0) is 131 Å². The molecule has 3 fully saturated rings. The molecule has 0 heterocycles. The molecule has 9 atom stereocenters. The van der Waals surface area contributed by atoms with Gasteiger partial charge in [0.1, 0.15) is 0 Å². The van der Waals surface area contributed by atoms with Crippen LogP contribution in [0.4, 0.5) is 0 Å². The molecule has 2 N–H and O–H groups in total. The van der Waals surface area contributed by atoms with Crippen molar-refractivity contribution in [3.05, 3.63) is 11.6 Å². The van der Waals surface area contributed by atoms with Crippen LogP contribution in [0.15, 0.2) is 11.6 Å². The highest BCUT2D eigenvalue weighted by Gasteiger charge is 2.59. The van der Waals surface area contributed by atoms with Crippen LogP contribution >= 0.6 is 0 Å². The first-order valence-electron chi connectivity index (χ1n) is 14.1. The summed E-state index contributed by atoms with van der Waals surface area (Å²) in [4.78, 5) is 0. The Labute approximate surface area is 203 Å². The van der Waals surface area contributed by atoms with E-state index in [1.165, 1.54) is 32.1 Å². The fourth-order valence-corrected chi connectivity index (χ4v) is 9.24. The Bertz CT molecular complexity index is 724. The maximum atomic E-state index is 10.9. The first-order valence-corrected chi connectivity index (χ1v) is 14.1. The zero-order chi connectivity index (χ0) is 24.1. The molecular formula is C30H52O3. The zero-order valence-corrected chi connectivity index (χ0v) is 22.5. The summed E-state index contributed by atoms with van der Waals surface area (Å²) in [5.41, 5.74) is 1.29. The van der Waals surface area contributed by atoms with Crippen LogP contribution in [0.5, 0.6) is 0 Å². The smallest absolute Gasteiger partial charge is 0.0657 e. The van der Waals surface area contributed by atoms with Crippen molar-refractivity contribution in [1.82, 2.24) is 0 Å². The van der Waals surface area contributed by atoms with Gasteiger partial charge in [0, 0.05) is 13.7 Å². The summed E-state index contributed by atoms with van der Waals surface area (Å²) in [5.74, 6) is 3.96. The number of allylic oxidation sites excluding steroid dienone is 1. The molecule has 0 radical (unpaired) electrons. The number of hydrogen-bond acceptors (Lipinski definition) is 3. The fourth-order valence-electron chi connectivity index (χ4n) is 9.24. The fraction of sp³-hybridized carbons (Fsp3) is 0.933. The van der Waals surface area contributed by atoms with E-state index in [2.05, 4.69) is 26.8 Å². The van der Waals surface area contributed by atoms with Crippen LogP contribution < -0.4 is 0 Å². The van der Waals surface area contributed by atoms with Gasteiger partial charge in [0.15, 0.2) is 0 Å². The molecular weight excluding hydrogens is 408 g/mol. The van der Waals surface area contributed by atoms with Crippen molar-refractivity contribution in [1.29, 1.82) is 0 Å². The topological polar surface area (TPSA) is 49.7 Å². The van der Waals surface area contributed by atoms with E-state index in [9.17, 15) is 10.2 Å². The molecule has 0 aromatic rings. The molecule has 4 aliphatic rings. The molecule has 190 valence electrons. The van der Waals surface area contributed by atoms with E-state index in [1.54, 1.807) is 12.7 Å². The molecule has 3 nitrogen and oxygen atoms in total. The van der Waals surface area contributed by atoms with Crippen molar-refractivity contribution in [2.24, 2.45) is 40.4 Å². The number of ether oxygens (including phenoxy) is 1. The molecule has 4 aliphatic carbocycles. The van der Waals surface area contributed by atoms with Gasteiger partial charge in [-0.1, -0.05) is 32.4 Å². The SMILES string of the molecule is COCCCC(C)(O)CC[C@@H](C)[C@H]1CC[C@H]2[C@@H]3CC=C4C[C@@](C)(O)CC[C@]4(C)[C@H]3CC[C@]12C. The van der Waals surface area contributed by atoms with Gasteiger partial charge < -0.3 is 14.9 Å². The minimum atomic E-state index is -0.565. The number of aliphatic hydroxyl groups is 2. The molecule has 0 amide bonds. The monoisotopic (exact) mass is 460 g/mol. The molecule has 4 rings (SSSR count). The van der Waals surface area contributed by atoms with E-state index < -0.39 is 11.2 Å². The van der Waals surface area contributed by atoms with Crippen LogP contribution in [0.2, 0.25) is 0 Å². The number of methoxy groups -OCH3 is 1.